The number of aromatic nitrogens is 2. The minimum atomic E-state index is -0.904. The fourth-order valence-electron chi connectivity index (χ4n) is 3.18. The van der Waals surface area contributed by atoms with Crippen LogP contribution < -0.4 is 10.6 Å². The fourth-order valence-corrected chi connectivity index (χ4v) is 3.18. The summed E-state index contributed by atoms with van der Waals surface area (Å²) in [7, 11) is 1.55. The van der Waals surface area contributed by atoms with E-state index in [1.165, 1.54) is 12.4 Å². The molecule has 2 N–H and O–H groups in total. The third-order valence-corrected chi connectivity index (χ3v) is 4.84. The van der Waals surface area contributed by atoms with Crippen molar-refractivity contribution in [2.45, 2.75) is 39.3 Å². The van der Waals surface area contributed by atoms with E-state index in [1.807, 2.05) is 0 Å². The SMILES string of the molecule is COCCOCCOC(=O)NC(C(=O)CC1Cc2cncc(n2)CNC(=O)C1=O)C(C)C. The Hall–Kier alpha value is -2.92. The Morgan fingerprint density at radius 2 is 1.88 bits per heavy atom. The van der Waals surface area contributed by atoms with Gasteiger partial charge in [0.2, 0.25) is 5.78 Å². The van der Waals surface area contributed by atoms with Gasteiger partial charge in [-0.1, -0.05) is 13.8 Å². The highest BCUT2D eigenvalue weighted by atomic mass is 16.6. The van der Waals surface area contributed by atoms with Crippen LogP contribution in [0.1, 0.15) is 31.7 Å². The number of nitrogens with one attached hydrogen (secondary N) is 2. The number of Topliss-reactive ketones (excluding diaryl/α,β-unsaturated/α-hetero) is 2. The number of hydrogen-bond acceptors (Lipinski definition) is 9. The summed E-state index contributed by atoms with van der Waals surface area (Å²) in [5.41, 5.74) is 1.05. The largest absolute Gasteiger partial charge is 0.447 e. The molecule has 11 heteroatoms. The minimum Gasteiger partial charge on any atom is -0.447 e. The first-order chi connectivity index (χ1) is 15.3. The molecule has 2 heterocycles. The van der Waals surface area contributed by atoms with Crippen LogP contribution in [0.3, 0.4) is 0 Å². The molecule has 11 nitrogen and oxygen atoms in total. The summed E-state index contributed by atoms with van der Waals surface area (Å²) in [4.78, 5) is 58.3. The second-order valence-electron chi connectivity index (χ2n) is 7.73. The molecule has 0 saturated heterocycles. The van der Waals surface area contributed by atoms with E-state index in [0.29, 0.717) is 24.6 Å². The van der Waals surface area contributed by atoms with Crippen molar-refractivity contribution >= 4 is 23.6 Å². The smallest absolute Gasteiger partial charge is 0.407 e. The number of alkyl carbamates (subject to hydrolysis) is 1. The van der Waals surface area contributed by atoms with Gasteiger partial charge in [0.25, 0.3) is 5.91 Å². The number of carbonyl (C=O) groups excluding carboxylic acids is 4. The van der Waals surface area contributed by atoms with Crippen LogP contribution >= 0.6 is 0 Å². The summed E-state index contributed by atoms with van der Waals surface area (Å²) in [6, 6.07) is -0.877. The molecule has 2 amide bonds. The van der Waals surface area contributed by atoms with Crippen LogP contribution in [0.2, 0.25) is 0 Å². The van der Waals surface area contributed by atoms with Crippen molar-refractivity contribution in [1.29, 1.82) is 0 Å². The van der Waals surface area contributed by atoms with Crippen LogP contribution in [-0.2, 0) is 41.6 Å². The third kappa shape index (κ3) is 7.97. The fraction of sp³-hybridized carbons (Fsp3) is 0.619. The molecule has 32 heavy (non-hydrogen) atoms. The molecule has 2 atom stereocenters. The van der Waals surface area contributed by atoms with Gasteiger partial charge in [-0.3, -0.25) is 24.4 Å². The summed E-state index contributed by atoms with van der Waals surface area (Å²) in [5.74, 6) is -2.99. The summed E-state index contributed by atoms with van der Waals surface area (Å²) < 4.78 is 15.1. The summed E-state index contributed by atoms with van der Waals surface area (Å²) >= 11 is 0. The number of nitrogens with zero attached hydrogens (tertiary/aromatic N) is 2. The molecule has 2 bridgehead atoms. The van der Waals surface area contributed by atoms with E-state index < -0.39 is 29.7 Å². The van der Waals surface area contributed by atoms with Gasteiger partial charge in [-0.2, -0.15) is 0 Å². The average Bonchev–Trinajstić information content (AvgIpc) is 2.79. The molecule has 0 aliphatic carbocycles. The number of ether oxygens (including phenoxy) is 3. The molecular weight excluding hydrogens is 420 g/mol. The van der Waals surface area contributed by atoms with E-state index in [9.17, 15) is 19.2 Å². The molecule has 2 rings (SSSR count). The van der Waals surface area contributed by atoms with Crippen molar-refractivity contribution in [3.8, 4) is 0 Å². The number of hydrogen-bond donors (Lipinski definition) is 2. The number of rotatable bonds is 11. The third-order valence-electron chi connectivity index (χ3n) is 4.84. The molecule has 176 valence electrons. The maximum Gasteiger partial charge on any atom is 0.407 e. The molecule has 0 fully saturated rings. The number of methoxy groups -OCH3 is 1. The van der Waals surface area contributed by atoms with Crippen molar-refractivity contribution in [3.63, 3.8) is 0 Å². The Kier molecular flexibility index (Phi) is 10.2. The summed E-state index contributed by atoms with van der Waals surface area (Å²) in [6.07, 6.45) is 2.14. The Morgan fingerprint density at radius 3 is 2.59 bits per heavy atom. The lowest BCUT2D eigenvalue weighted by atomic mass is 9.87. The van der Waals surface area contributed by atoms with Crippen LogP contribution in [0.25, 0.3) is 0 Å². The topological polar surface area (TPSA) is 146 Å². The van der Waals surface area contributed by atoms with Crippen LogP contribution in [0.4, 0.5) is 4.79 Å². The quantitative estimate of drug-likeness (QED) is 0.357. The van der Waals surface area contributed by atoms with E-state index >= 15 is 0 Å². The van der Waals surface area contributed by atoms with Crippen LogP contribution in [0.15, 0.2) is 12.4 Å². The van der Waals surface area contributed by atoms with Crippen molar-refractivity contribution in [1.82, 2.24) is 20.6 Å². The Balaban J connectivity index is 1.97. The maximum absolute atomic E-state index is 13.0. The summed E-state index contributed by atoms with van der Waals surface area (Å²) in [5, 5.41) is 5.05. The number of amides is 2. The van der Waals surface area contributed by atoms with E-state index in [2.05, 4.69) is 20.6 Å². The van der Waals surface area contributed by atoms with Gasteiger partial charge in [0.1, 0.15) is 6.61 Å². The second-order valence-corrected chi connectivity index (χ2v) is 7.73. The number of carbonyl (C=O) groups is 4. The molecule has 2 unspecified atom stereocenters. The molecule has 0 radical (unpaired) electrons. The zero-order valence-electron chi connectivity index (χ0n) is 18.6. The molecule has 1 aliphatic heterocycles. The van der Waals surface area contributed by atoms with Crippen molar-refractivity contribution in [2.24, 2.45) is 11.8 Å². The van der Waals surface area contributed by atoms with E-state index in [0.717, 1.165) is 0 Å². The first-order valence-electron chi connectivity index (χ1n) is 10.5. The number of ketones is 2. The van der Waals surface area contributed by atoms with Crippen molar-refractivity contribution in [3.05, 3.63) is 23.8 Å². The van der Waals surface area contributed by atoms with Gasteiger partial charge >= 0.3 is 6.09 Å². The standard InChI is InChI=1S/C21H30N4O7/c1-13(2)18(25-21(29)32-7-6-31-5-4-30-3)17(26)9-14-8-15-10-22-11-16(24-15)12-23-20(28)19(14)27/h10-11,13-14,18H,4-9,12H2,1-3H3,(H,23,28)(H,25,29). The molecule has 0 aromatic carbocycles. The molecule has 1 aromatic rings. The molecule has 0 spiro atoms. The highest BCUT2D eigenvalue weighted by Gasteiger charge is 2.33. The van der Waals surface area contributed by atoms with Crippen LogP contribution in [-0.4, -0.2) is 73.1 Å². The van der Waals surface area contributed by atoms with Gasteiger partial charge in [-0.05, 0) is 5.92 Å². The van der Waals surface area contributed by atoms with Gasteiger partial charge in [0.15, 0.2) is 5.78 Å². The van der Waals surface area contributed by atoms with E-state index in [4.69, 9.17) is 14.2 Å². The van der Waals surface area contributed by atoms with E-state index in [1.54, 1.807) is 21.0 Å². The zero-order valence-corrected chi connectivity index (χ0v) is 18.6. The second kappa shape index (κ2) is 12.8. The lowest BCUT2D eigenvalue weighted by Gasteiger charge is -2.23. The first kappa shape index (κ1) is 25.3. The van der Waals surface area contributed by atoms with Gasteiger partial charge in [-0.15, -0.1) is 0 Å². The van der Waals surface area contributed by atoms with Crippen molar-refractivity contribution < 1.29 is 33.4 Å². The Morgan fingerprint density at radius 1 is 1.16 bits per heavy atom. The predicted octanol–water partition coefficient (Wildman–Crippen LogP) is 0.207. The van der Waals surface area contributed by atoms with Gasteiger partial charge in [0, 0.05) is 32.1 Å². The lowest BCUT2D eigenvalue weighted by molar-refractivity contribution is -0.141. The minimum absolute atomic E-state index is 0.0187. The Labute approximate surface area is 186 Å². The van der Waals surface area contributed by atoms with Gasteiger partial charge in [0.05, 0.1) is 50.0 Å². The zero-order chi connectivity index (χ0) is 23.5. The monoisotopic (exact) mass is 450 g/mol. The average molecular weight is 450 g/mol. The van der Waals surface area contributed by atoms with Crippen LogP contribution in [0.5, 0.6) is 0 Å². The molecule has 0 saturated carbocycles. The normalized spacial score (nSPS) is 17.1. The highest BCUT2D eigenvalue weighted by molar-refractivity contribution is 6.37. The maximum atomic E-state index is 13.0. The first-order valence-corrected chi connectivity index (χ1v) is 10.5. The Bertz CT molecular complexity index is 815. The van der Waals surface area contributed by atoms with E-state index in [-0.39, 0.29) is 44.3 Å². The molecule has 1 aromatic heterocycles. The highest BCUT2D eigenvalue weighted by Crippen LogP contribution is 2.18. The van der Waals surface area contributed by atoms with Crippen molar-refractivity contribution in [2.75, 3.05) is 33.5 Å². The lowest BCUT2D eigenvalue weighted by Crippen LogP contribution is -2.46. The van der Waals surface area contributed by atoms with Crippen LogP contribution in [0, 0.1) is 11.8 Å². The molecule has 1 aliphatic rings. The summed E-state index contributed by atoms with van der Waals surface area (Å²) in [6.45, 7) is 4.65. The molecular formula is C21H30N4O7. The number of fused-ring (bicyclic) bond motifs is 2. The van der Waals surface area contributed by atoms with Gasteiger partial charge < -0.3 is 24.8 Å². The van der Waals surface area contributed by atoms with Gasteiger partial charge in [-0.25, -0.2) is 4.79 Å². The predicted molar refractivity (Wildman–Crippen MR) is 112 cm³/mol.